The van der Waals surface area contributed by atoms with E-state index in [1.807, 2.05) is 12.1 Å². The number of carboxylic acids is 2. The lowest BCUT2D eigenvalue weighted by atomic mass is 10.1. The standard InChI is InChI=1S/C24H24N6O4/c25-17-7-4-9-19(12-17)27-20-13-21(28-18-8-3-6-15(11-18)24(33)34)30-23(29-20)16(14-26-30)5-1-2-10-22(31)32/h3-4,6-9,11-14,28H,1-2,5,10,25H2,(H,27,29)(H,31,32)(H,33,34). The Morgan fingerprint density at radius 3 is 2.47 bits per heavy atom. The normalized spacial score (nSPS) is 10.8. The molecule has 6 N–H and O–H groups in total. The van der Waals surface area contributed by atoms with Crippen molar-refractivity contribution in [3.8, 4) is 0 Å². The lowest BCUT2D eigenvalue weighted by Crippen LogP contribution is -2.05. The van der Waals surface area contributed by atoms with Gasteiger partial charge in [-0.1, -0.05) is 12.1 Å². The van der Waals surface area contributed by atoms with E-state index >= 15 is 0 Å². The maximum absolute atomic E-state index is 11.4. The van der Waals surface area contributed by atoms with Crippen molar-refractivity contribution in [3.05, 3.63) is 71.9 Å². The van der Waals surface area contributed by atoms with Crippen LogP contribution in [0.1, 0.15) is 35.2 Å². The van der Waals surface area contributed by atoms with Crippen LogP contribution < -0.4 is 16.4 Å². The van der Waals surface area contributed by atoms with E-state index < -0.39 is 11.9 Å². The molecule has 2 heterocycles. The van der Waals surface area contributed by atoms with Gasteiger partial charge in [0.2, 0.25) is 0 Å². The summed E-state index contributed by atoms with van der Waals surface area (Å²) in [6.07, 6.45) is 3.69. The summed E-state index contributed by atoms with van der Waals surface area (Å²) in [5.41, 5.74) is 9.50. The summed E-state index contributed by atoms with van der Waals surface area (Å²) in [4.78, 5) is 26.9. The minimum Gasteiger partial charge on any atom is -0.481 e. The van der Waals surface area contributed by atoms with Crippen molar-refractivity contribution in [2.45, 2.75) is 25.7 Å². The van der Waals surface area contributed by atoms with Gasteiger partial charge in [-0.05, 0) is 55.7 Å². The SMILES string of the molecule is Nc1cccc(Nc2cc(Nc3cccc(C(=O)O)c3)n3ncc(CCCCC(=O)O)c3n2)c1. The van der Waals surface area contributed by atoms with E-state index in [1.165, 1.54) is 12.1 Å². The van der Waals surface area contributed by atoms with Crippen LogP contribution in [0.2, 0.25) is 0 Å². The molecule has 2 aromatic carbocycles. The van der Waals surface area contributed by atoms with Gasteiger partial charge in [-0.25, -0.2) is 9.78 Å². The molecule has 0 saturated carbocycles. The third-order valence-electron chi connectivity index (χ3n) is 5.17. The van der Waals surface area contributed by atoms with Gasteiger partial charge in [0.25, 0.3) is 0 Å². The molecule has 10 nitrogen and oxygen atoms in total. The maximum Gasteiger partial charge on any atom is 0.335 e. The molecule has 0 aliphatic carbocycles. The van der Waals surface area contributed by atoms with Crippen LogP contribution in [0.25, 0.3) is 5.65 Å². The van der Waals surface area contributed by atoms with Crippen molar-refractivity contribution in [2.24, 2.45) is 0 Å². The molecule has 0 spiro atoms. The largest absolute Gasteiger partial charge is 0.481 e. The van der Waals surface area contributed by atoms with E-state index in [0.717, 1.165) is 11.3 Å². The van der Waals surface area contributed by atoms with E-state index in [4.69, 9.17) is 15.8 Å². The van der Waals surface area contributed by atoms with Crippen molar-refractivity contribution < 1.29 is 19.8 Å². The number of aromatic nitrogens is 3. The van der Waals surface area contributed by atoms with Crippen molar-refractivity contribution in [1.29, 1.82) is 0 Å². The van der Waals surface area contributed by atoms with Crippen LogP contribution in [0.5, 0.6) is 0 Å². The Bertz CT molecular complexity index is 1350. The average molecular weight is 460 g/mol. The fraction of sp³-hybridized carbons (Fsp3) is 0.167. The Hall–Kier alpha value is -4.60. The van der Waals surface area contributed by atoms with Gasteiger partial charge in [0, 0.05) is 35.1 Å². The van der Waals surface area contributed by atoms with Gasteiger partial charge in [0.15, 0.2) is 5.65 Å². The average Bonchev–Trinajstić information content (AvgIpc) is 3.20. The third kappa shape index (κ3) is 5.41. The summed E-state index contributed by atoms with van der Waals surface area (Å²) < 4.78 is 1.64. The molecule has 0 saturated heterocycles. The second-order valence-corrected chi connectivity index (χ2v) is 7.79. The van der Waals surface area contributed by atoms with Crippen LogP contribution in [-0.2, 0) is 11.2 Å². The number of carbonyl (C=O) groups is 2. The van der Waals surface area contributed by atoms with Crippen molar-refractivity contribution in [3.63, 3.8) is 0 Å². The molecule has 4 aromatic rings. The molecule has 0 fully saturated rings. The maximum atomic E-state index is 11.4. The highest BCUT2D eigenvalue weighted by Crippen LogP contribution is 2.26. The van der Waals surface area contributed by atoms with Gasteiger partial charge in [-0.3, -0.25) is 4.79 Å². The van der Waals surface area contributed by atoms with E-state index in [1.54, 1.807) is 41.0 Å². The van der Waals surface area contributed by atoms with E-state index in [-0.39, 0.29) is 12.0 Å². The number of carboxylic acid groups (broad SMARTS) is 2. The number of aryl methyl sites for hydroxylation is 1. The number of anilines is 5. The molecule has 10 heteroatoms. The molecule has 34 heavy (non-hydrogen) atoms. The first-order valence-electron chi connectivity index (χ1n) is 10.7. The zero-order valence-electron chi connectivity index (χ0n) is 18.2. The lowest BCUT2D eigenvalue weighted by Gasteiger charge is -2.13. The van der Waals surface area contributed by atoms with Crippen LogP contribution in [0.15, 0.2) is 60.8 Å². The number of unbranched alkanes of at least 4 members (excludes halogenated alkanes) is 1. The molecule has 0 amide bonds. The van der Waals surface area contributed by atoms with Gasteiger partial charge in [0.05, 0.1) is 11.8 Å². The molecular weight excluding hydrogens is 436 g/mol. The Labute approximate surface area is 195 Å². The molecule has 174 valence electrons. The summed E-state index contributed by atoms with van der Waals surface area (Å²) in [5.74, 6) is -0.713. The first-order chi connectivity index (χ1) is 16.4. The number of rotatable bonds is 10. The van der Waals surface area contributed by atoms with Crippen LogP contribution in [0, 0.1) is 0 Å². The molecule has 4 rings (SSSR count). The lowest BCUT2D eigenvalue weighted by molar-refractivity contribution is -0.137. The van der Waals surface area contributed by atoms with Gasteiger partial charge in [0.1, 0.15) is 11.6 Å². The number of benzene rings is 2. The smallest absolute Gasteiger partial charge is 0.335 e. The van der Waals surface area contributed by atoms with Crippen molar-refractivity contribution in [1.82, 2.24) is 14.6 Å². The van der Waals surface area contributed by atoms with E-state index in [2.05, 4.69) is 15.7 Å². The van der Waals surface area contributed by atoms with Crippen LogP contribution in [0.4, 0.5) is 28.7 Å². The summed E-state index contributed by atoms with van der Waals surface area (Å²) in [7, 11) is 0. The fourth-order valence-electron chi connectivity index (χ4n) is 3.57. The first kappa shape index (κ1) is 22.6. The molecule has 0 aliphatic heterocycles. The third-order valence-corrected chi connectivity index (χ3v) is 5.17. The number of nitrogens with one attached hydrogen (secondary N) is 2. The van der Waals surface area contributed by atoms with Gasteiger partial charge in [-0.2, -0.15) is 9.61 Å². The molecule has 0 atom stereocenters. The second-order valence-electron chi connectivity index (χ2n) is 7.79. The number of hydrogen-bond acceptors (Lipinski definition) is 7. The van der Waals surface area contributed by atoms with Crippen LogP contribution in [-0.4, -0.2) is 36.7 Å². The predicted octanol–water partition coefficient (Wildman–Crippen LogP) is 4.29. The number of hydrogen-bond donors (Lipinski definition) is 5. The predicted molar refractivity (Wildman–Crippen MR) is 129 cm³/mol. The van der Waals surface area contributed by atoms with Gasteiger partial charge >= 0.3 is 11.9 Å². The minimum atomic E-state index is -1.02. The molecule has 0 unspecified atom stereocenters. The second kappa shape index (κ2) is 9.90. The topological polar surface area (TPSA) is 155 Å². The first-order valence-corrected chi connectivity index (χ1v) is 10.7. The Balaban J connectivity index is 1.69. The van der Waals surface area contributed by atoms with Crippen LogP contribution >= 0.6 is 0 Å². The highest BCUT2D eigenvalue weighted by Gasteiger charge is 2.13. The van der Waals surface area contributed by atoms with Crippen molar-refractivity contribution in [2.75, 3.05) is 16.4 Å². The van der Waals surface area contributed by atoms with E-state index in [0.29, 0.717) is 47.9 Å². The molecule has 0 radical (unpaired) electrons. The number of nitrogens with zero attached hydrogens (tertiary/aromatic N) is 3. The molecule has 0 aliphatic rings. The van der Waals surface area contributed by atoms with E-state index in [9.17, 15) is 14.7 Å². The summed E-state index contributed by atoms with van der Waals surface area (Å²) in [5, 5.41) is 29.1. The fourth-order valence-corrected chi connectivity index (χ4v) is 3.57. The Morgan fingerprint density at radius 1 is 0.971 bits per heavy atom. The van der Waals surface area contributed by atoms with Gasteiger partial charge in [-0.15, -0.1) is 0 Å². The highest BCUT2D eigenvalue weighted by atomic mass is 16.4. The number of fused-ring (bicyclic) bond motifs is 1. The zero-order valence-corrected chi connectivity index (χ0v) is 18.2. The Kier molecular flexibility index (Phi) is 6.58. The van der Waals surface area contributed by atoms with Crippen LogP contribution in [0.3, 0.4) is 0 Å². The number of aliphatic carboxylic acids is 1. The number of aromatic carboxylic acids is 1. The molecule has 2 aromatic heterocycles. The zero-order chi connectivity index (χ0) is 24.1. The Morgan fingerprint density at radius 2 is 1.74 bits per heavy atom. The van der Waals surface area contributed by atoms with Gasteiger partial charge < -0.3 is 26.6 Å². The summed E-state index contributed by atoms with van der Waals surface area (Å²) in [6.45, 7) is 0. The number of nitrogen functional groups attached to an aromatic ring is 1. The monoisotopic (exact) mass is 460 g/mol. The minimum absolute atomic E-state index is 0.113. The van der Waals surface area contributed by atoms with Crippen molar-refractivity contribution >= 4 is 46.3 Å². The molecule has 0 bridgehead atoms. The highest BCUT2D eigenvalue weighted by molar-refractivity contribution is 5.89. The number of nitrogens with two attached hydrogens (primary N) is 1. The summed E-state index contributed by atoms with van der Waals surface area (Å²) in [6, 6.07) is 15.5. The molecular formula is C24H24N6O4. The summed E-state index contributed by atoms with van der Waals surface area (Å²) >= 11 is 0. The quantitative estimate of drug-likeness (QED) is 0.172.